The van der Waals surface area contributed by atoms with Crippen molar-refractivity contribution in [1.29, 1.82) is 0 Å². The predicted octanol–water partition coefficient (Wildman–Crippen LogP) is -4.91. The number of carboxylic acid groups (broad SMARTS) is 2. The Morgan fingerprint density at radius 2 is 1.67 bits per heavy atom. The molecule has 0 radical (unpaired) electrons. The minimum Gasteiger partial charge on any atom is -0.481 e. The molecule has 170 valence electrons. The van der Waals surface area contributed by atoms with Crippen molar-refractivity contribution in [2.24, 2.45) is 27.9 Å². The largest absolute Gasteiger partial charge is 0.481 e. The van der Waals surface area contributed by atoms with Crippen LogP contribution in [0, 0.1) is 0 Å². The Labute approximate surface area is 171 Å². The summed E-state index contributed by atoms with van der Waals surface area (Å²) in [5.41, 5.74) is 21.2. The molecule has 15 heteroatoms. The topological polar surface area (TPSA) is 278 Å². The summed E-state index contributed by atoms with van der Waals surface area (Å²) < 4.78 is 0. The van der Waals surface area contributed by atoms with Crippen molar-refractivity contribution in [2.45, 2.75) is 37.4 Å². The van der Waals surface area contributed by atoms with Crippen molar-refractivity contribution in [1.82, 2.24) is 10.2 Å². The Kier molecular flexibility index (Phi) is 11.6. The van der Waals surface area contributed by atoms with Crippen LogP contribution < -0.4 is 28.3 Å². The number of carbonyl (C=O) groups is 5. The van der Waals surface area contributed by atoms with Crippen LogP contribution in [-0.4, -0.2) is 93.7 Å². The van der Waals surface area contributed by atoms with Gasteiger partial charge >= 0.3 is 11.9 Å². The molecule has 0 aromatic carbocycles. The lowest BCUT2D eigenvalue weighted by Crippen LogP contribution is -2.61. The average Bonchev–Trinajstić information content (AvgIpc) is 2.66. The summed E-state index contributed by atoms with van der Waals surface area (Å²) >= 11 is 0. The second-order valence-electron chi connectivity index (χ2n) is 6.06. The minimum atomic E-state index is -2.06. The van der Waals surface area contributed by atoms with Gasteiger partial charge in [-0.25, -0.2) is 4.79 Å². The first-order valence-electron chi connectivity index (χ1n) is 8.68. The van der Waals surface area contributed by atoms with Gasteiger partial charge in [-0.05, 0) is 12.8 Å². The van der Waals surface area contributed by atoms with Gasteiger partial charge in [-0.2, -0.15) is 0 Å². The third-order valence-corrected chi connectivity index (χ3v) is 3.73. The van der Waals surface area contributed by atoms with Crippen molar-refractivity contribution >= 4 is 35.6 Å². The molecular weight excluding hydrogens is 406 g/mol. The molecule has 12 N–H and O–H groups in total. The first kappa shape index (κ1) is 26.7. The number of aliphatic hydroxyl groups is 1. The van der Waals surface area contributed by atoms with Crippen molar-refractivity contribution in [3.8, 4) is 0 Å². The maximum absolute atomic E-state index is 12.8. The molecule has 0 unspecified atom stereocenters. The molecule has 0 aliphatic carbocycles. The summed E-state index contributed by atoms with van der Waals surface area (Å²) in [7, 11) is 0. The standard InChI is InChI=1S/C15H27N7O8/c16-5-10(24)21-8(4-11(25)26)13(28)22(9(6-23)14(29)30)12(27)7(17)2-1-3-20-15(18)19/h7-9,23H,1-6,16-17H2,(H,21,24)(H,25,26)(H,29,30)(H4,18,19,20)/t7-,8-,9-/m0/s1. The molecule has 0 spiro atoms. The van der Waals surface area contributed by atoms with Gasteiger partial charge in [0.1, 0.15) is 6.04 Å². The molecule has 3 amide bonds. The van der Waals surface area contributed by atoms with E-state index in [1.807, 2.05) is 5.32 Å². The molecule has 0 rings (SSSR count). The summed E-state index contributed by atoms with van der Waals surface area (Å²) in [5.74, 6) is -6.93. The number of imide groups is 1. The number of nitrogens with two attached hydrogens (primary N) is 4. The van der Waals surface area contributed by atoms with Gasteiger partial charge in [0.2, 0.25) is 11.8 Å². The van der Waals surface area contributed by atoms with Gasteiger partial charge in [0, 0.05) is 6.54 Å². The Morgan fingerprint density at radius 3 is 2.10 bits per heavy atom. The third-order valence-electron chi connectivity index (χ3n) is 3.73. The molecule has 0 aliphatic rings. The quantitative estimate of drug-likeness (QED) is 0.0770. The Hall–Kier alpha value is -3.30. The van der Waals surface area contributed by atoms with Gasteiger partial charge in [0.25, 0.3) is 5.91 Å². The highest BCUT2D eigenvalue weighted by Crippen LogP contribution is 2.11. The van der Waals surface area contributed by atoms with E-state index >= 15 is 0 Å². The summed E-state index contributed by atoms with van der Waals surface area (Å²) in [6.45, 7) is -1.66. The lowest BCUT2D eigenvalue weighted by atomic mass is 10.1. The van der Waals surface area contributed by atoms with E-state index in [1.165, 1.54) is 0 Å². The monoisotopic (exact) mass is 433 g/mol. The summed E-state index contributed by atoms with van der Waals surface area (Å²) in [4.78, 5) is 63.3. The van der Waals surface area contributed by atoms with E-state index in [-0.39, 0.29) is 30.2 Å². The molecule has 15 nitrogen and oxygen atoms in total. The number of guanidine groups is 1. The van der Waals surface area contributed by atoms with Gasteiger partial charge in [-0.15, -0.1) is 0 Å². The zero-order valence-corrected chi connectivity index (χ0v) is 16.1. The van der Waals surface area contributed by atoms with Gasteiger partial charge in [0.15, 0.2) is 12.0 Å². The van der Waals surface area contributed by atoms with E-state index in [4.69, 9.17) is 28.0 Å². The number of carbonyl (C=O) groups excluding carboxylic acids is 3. The summed E-state index contributed by atoms with van der Waals surface area (Å²) in [6, 6.07) is -5.27. The highest BCUT2D eigenvalue weighted by molar-refractivity contribution is 6.05. The van der Waals surface area contributed by atoms with Crippen LogP contribution >= 0.6 is 0 Å². The number of aliphatic carboxylic acids is 2. The van der Waals surface area contributed by atoms with Crippen molar-refractivity contribution in [2.75, 3.05) is 19.7 Å². The molecule has 0 fully saturated rings. The van der Waals surface area contributed by atoms with Gasteiger partial charge in [-0.1, -0.05) is 0 Å². The zero-order valence-electron chi connectivity index (χ0n) is 16.1. The molecule has 0 aliphatic heterocycles. The second-order valence-corrected chi connectivity index (χ2v) is 6.06. The SMILES string of the molecule is NCC(=O)N[C@@H](CC(=O)O)C(=O)N(C(=O)[C@@H](N)CCCN=C(N)N)[C@@H](CO)C(=O)O. The first-order chi connectivity index (χ1) is 14.0. The fourth-order valence-electron chi connectivity index (χ4n) is 2.30. The highest BCUT2D eigenvalue weighted by atomic mass is 16.4. The van der Waals surface area contributed by atoms with Crippen LogP contribution in [-0.2, 0) is 24.0 Å². The van der Waals surface area contributed by atoms with Crippen LogP contribution in [0.4, 0.5) is 0 Å². The van der Waals surface area contributed by atoms with E-state index < -0.39 is 67.4 Å². The van der Waals surface area contributed by atoms with Crippen molar-refractivity contribution < 1.29 is 39.3 Å². The molecular formula is C15H27N7O8. The molecule has 3 atom stereocenters. The summed E-state index contributed by atoms with van der Waals surface area (Å²) in [6.07, 6.45) is -0.825. The van der Waals surface area contributed by atoms with E-state index in [0.29, 0.717) is 0 Å². The van der Waals surface area contributed by atoms with E-state index in [0.717, 1.165) is 0 Å². The number of rotatable bonds is 13. The smallest absolute Gasteiger partial charge is 0.329 e. The van der Waals surface area contributed by atoms with Gasteiger partial charge in [-0.3, -0.25) is 29.1 Å². The van der Waals surface area contributed by atoms with Crippen LogP contribution in [0.2, 0.25) is 0 Å². The Balaban J connectivity index is 5.76. The molecule has 0 aromatic heterocycles. The average molecular weight is 433 g/mol. The molecule has 0 aromatic rings. The normalized spacial score (nSPS) is 13.4. The van der Waals surface area contributed by atoms with Gasteiger partial charge < -0.3 is 43.6 Å². The summed E-state index contributed by atoms with van der Waals surface area (Å²) in [5, 5.41) is 29.6. The number of aliphatic imine (C=N–C) groups is 1. The Morgan fingerprint density at radius 1 is 1.07 bits per heavy atom. The number of nitrogens with one attached hydrogen (secondary N) is 1. The first-order valence-corrected chi connectivity index (χ1v) is 8.68. The fraction of sp³-hybridized carbons (Fsp3) is 0.600. The lowest BCUT2D eigenvalue weighted by molar-refractivity contribution is -0.162. The fourth-order valence-corrected chi connectivity index (χ4v) is 2.30. The number of aliphatic hydroxyl groups excluding tert-OH is 1. The van der Waals surface area contributed by atoms with E-state index in [2.05, 4.69) is 4.99 Å². The van der Waals surface area contributed by atoms with Crippen LogP contribution in [0.25, 0.3) is 0 Å². The van der Waals surface area contributed by atoms with Gasteiger partial charge in [0.05, 0.1) is 25.6 Å². The highest BCUT2D eigenvalue weighted by Gasteiger charge is 2.40. The Bertz CT molecular complexity index is 680. The van der Waals surface area contributed by atoms with Crippen LogP contribution in [0.5, 0.6) is 0 Å². The van der Waals surface area contributed by atoms with Crippen LogP contribution in [0.3, 0.4) is 0 Å². The zero-order chi connectivity index (χ0) is 23.4. The van der Waals surface area contributed by atoms with Crippen molar-refractivity contribution in [3.63, 3.8) is 0 Å². The maximum Gasteiger partial charge on any atom is 0.329 e. The number of nitrogens with zero attached hydrogens (tertiary/aromatic N) is 2. The van der Waals surface area contributed by atoms with Crippen molar-refractivity contribution in [3.05, 3.63) is 0 Å². The van der Waals surface area contributed by atoms with E-state index in [9.17, 15) is 34.2 Å². The number of amides is 3. The van der Waals surface area contributed by atoms with E-state index in [1.54, 1.807) is 0 Å². The number of carboxylic acids is 2. The van der Waals surface area contributed by atoms with Crippen LogP contribution in [0.15, 0.2) is 4.99 Å². The molecule has 30 heavy (non-hydrogen) atoms. The molecule has 0 bridgehead atoms. The number of hydrogen-bond donors (Lipinski definition) is 8. The third kappa shape index (κ3) is 8.80. The maximum atomic E-state index is 12.8. The predicted molar refractivity (Wildman–Crippen MR) is 101 cm³/mol. The number of hydrogen-bond acceptors (Lipinski definition) is 9. The minimum absolute atomic E-state index is 0.0596. The second kappa shape index (κ2) is 13.0. The molecule has 0 saturated carbocycles. The molecule has 0 heterocycles. The van der Waals surface area contributed by atoms with Crippen LogP contribution in [0.1, 0.15) is 19.3 Å². The lowest BCUT2D eigenvalue weighted by Gasteiger charge is -2.31. The molecule has 0 saturated heterocycles.